The van der Waals surface area contributed by atoms with Crippen molar-refractivity contribution in [3.63, 3.8) is 0 Å². The highest BCUT2D eigenvalue weighted by Gasteiger charge is 2.38. The number of amides is 1. The van der Waals surface area contributed by atoms with Gasteiger partial charge in [0.05, 0.1) is 30.4 Å². The monoisotopic (exact) mass is 339 g/mol. The summed E-state index contributed by atoms with van der Waals surface area (Å²) in [7, 11) is 0. The van der Waals surface area contributed by atoms with Gasteiger partial charge in [-0.25, -0.2) is 0 Å². The number of nitrogens with zero attached hydrogens (tertiary/aromatic N) is 1. The summed E-state index contributed by atoms with van der Waals surface area (Å²) in [6, 6.07) is 5.35. The van der Waals surface area contributed by atoms with E-state index in [4.69, 9.17) is 0 Å². The predicted molar refractivity (Wildman–Crippen MR) is 76.8 cm³/mol. The van der Waals surface area contributed by atoms with Crippen LogP contribution in [-0.2, 0) is 4.79 Å². The van der Waals surface area contributed by atoms with Crippen LogP contribution in [-0.4, -0.2) is 42.7 Å². The molecule has 2 aliphatic heterocycles. The van der Waals surface area contributed by atoms with E-state index in [9.17, 15) is 14.7 Å². The summed E-state index contributed by atoms with van der Waals surface area (Å²) in [6.45, 7) is 2.14. The average Bonchev–Trinajstić information content (AvgIpc) is 2.66. The Labute approximate surface area is 125 Å². The number of aliphatic hydroxyl groups is 1. The molecule has 0 aromatic heterocycles. The van der Waals surface area contributed by atoms with Crippen molar-refractivity contribution in [3.05, 3.63) is 28.2 Å². The molecule has 3 rings (SSSR count). The lowest BCUT2D eigenvalue weighted by molar-refractivity contribution is -0.904. The number of anilines is 1. The van der Waals surface area contributed by atoms with Gasteiger partial charge in [-0.3, -0.25) is 14.5 Å². The number of rotatable bonds is 2. The highest BCUT2D eigenvalue weighted by Crippen LogP contribution is 2.30. The Morgan fingerprint density at radius 3 is 2.70 bits per heavy atom. The van der Waals surface area contributed by atoms with Gasteiger partial charge in [-0.1, -0.05) is 15.9 Å². The molecule has 0 unspecified atom stereocenters. The van der Waals surface area contributed by atoms with E-state index in [0.29, 0.717) is 17.9 Å². The van der Waals surface area contributed by atoms with Crippen molar-refractivity contribution < 1.29 is 19.6 Å². The van der Waals surface area contributed by atoms with Crippen molar-refractivity contribution in [2.75, 3.05) is 24.7 Å². The lowest BCUT2D eigenvalue weighted by Crippen LogP contribution is -3.15. The topological polar surface area (TPSA) is 62.0 Å². The van der Waals surface area contributed by atoms with Gasteiger partial charge in [0.15, 0.2) is 6.67 Å². The number of hydrogen-bond acceptors (Lipinski definition) is 3. The zero-order chi connectivity index (χ0) is 14.3. The number of benzene rings is 1. The second kappa shape index (κ2) is 5.27. The number of nitrogens with one attached hydrogen (secondary N) is 1. The van der Waals surface area contributed by atoms with Gasteiger partial charge in [-0.15, -0.1) is 0 Å². The first-order valence-electron chi connectivity index (χ1n) is 6.73. The van der Waals surface area contributed by atoms with Crippen molar-refractivity contribution in [1.82, 2.24) is 0 Å². The van der Waals surface area contributed by atoms with Crippen molar-refractivity contribution in [1.29, 1.82) is 0 Å². The summed E-state index contributed by atoms with van der Waals surface area (Å²) in [5.74, 6) is -0.880. The smallest absolute Gasteiger partial charge is 0.303 e. The fourth-order valence-corrected chi connectivity index (χ4v) is 3.18. The molecule has 0 atom stereocenters. The van der Waals surface area contributed by atoms with E-state index in [1.807, 2.05) is 6.07 Å². The van der Waals surface area contributed by atoms with Crippen molar-refractivity contribution >= 4 is 33.3 Å². The number of Topliss-reactive ketones (excluding diaryl/α,β-unsaturated/α-hetero) is 1. The van der Waals surface area contributed by atoms with E-state index in [1.54, 1.807) is 17.0 Å². The third-order valence-corrected chi connectivity index (χ3v) is 4.47. The molecule has 0 spiro atoms. The minimum absolute atomic E-state index is 0.224. The number of quaternary nitrogens is 1. The Balaban J connectivity index is 1.81. The number of halogens is 1. The summed E-state index contributed by atoms with van der Waals surface area (Å²) in [5, 5.41) is 9.52. The number of likely N-dealkylation sites (tertiary alicyclic amines) is 1. The first-order valence-corrected chi connectivity index (χ1v) is 7.53. The van der Waals surface area contributed by atoms with Crippen molar-refractivity contribution in [2.24, 2.45) is 0 Å². The van der Waals surface area contributed by atoms with Crippen LogP contribution in [0.5, 0.6) is 0 Å². The second-order valence-electron chi connectivity index (χ2n) is 5.36. The molecule has 2 N–H and O–H groups in total. The van der Waals surface area contributed by atoms with Gasteiger partial charge < -0.3 is 10.0 Å². The van der Waals surface area contributed by atoms with Crippen LogP contribution in [0.25, 0.3) is 0 Å². The summed E-state index contributed by atoms with van der Waals surface area (Å²) in [5.41, 5.74) is 1.17. The van der Waals surface area contributed by atoms with Crippen molar-refractivity contribution in [2.45, 2.75) is 18.9 Å². The first-order chi connectivity index (χ1) is 9.56. The van der Waals surface area contributed by atoms with Crippen LogP contribution >= 0.6 is 15.9 Å². The lowest BCUT2D eigenvalue weighted by atomic mass is 10.1. The molecule has 5 nitrogen and oxygen atoms in total. The van der Waals surface area contributed by atoms with E-state index in [1.165, 1.54) is 4.90 Å². The van der Waals surface area contributed by atoms with E-state index in [-0.39, 0.29) is 6.10 Å². The predicted octanol–water partition coefficient (Wildman–Crippen LogP) is -0.0245. The number of piperidine rings is 1. The molecule has 0 bridgehead atoms. The highest BCUT2D eigenvalue weighted by atomic mass is 79.9. The number of carbonyl (C=O) groups is 2. The first kappa shape index (κ1) is 13.7. The average molecular weight is 340 g/mol. The van der Waals surface area contributed by atoms with Crippen LogP contribution in [0.1, 0.15) is 23.2 Å². The fourth-order valence-electron chi connectivity index (χ4n) is 2.82. The Bertz CT molecular complexity index is 568. The number of ketones is 1. The highest BCUT2D eigenvalue weighted by molar-refractivity contribution is 9.10. The molecule has 1 saturated heterocycles. The van der Waals surface area contributed by atoms with Gasteiger partial charge >= 0.3 is 5.91 Å². The van der Waals surface area contributed by atoms with Crippen LogP contribution < -0.4 is 9.80 Å². The number of aliphatic hydroxyl groups excluding tert-OH is 1. The largest absolute Gasteiger partial charge is 0.393 e. The molecule has 1 aromatic rings. The number of fused-ring (bicyclic) bond motifs is 1. The zero-order valence-corrected chi connectivity index (χ0v) is 12.5. The van der Waals surface area contributed by atoms with Gasteiger partial charge in [0, 0.05) is 17.3 Å². The van der Waals surface area contributed by atoms with Gasteiger partial charge in [0.25, 0.3) is 5.78 Å². The third-order valence-electron chi connectivity index (χ3n) is 3.98. The maximum absolute atomic E-state index is 12.1. The Kier molecular flexibility index (Phi) is 3.62. The summed E-state index contributed by atoms with van der Waals surface area (Å²) in [6.07, 6.45) is 1.27. The number of carbonyl (C=O) groups excluding carboxylic acids is 2. The standard InChI is InChI=1S/C14H15BrN2O3/c15-9-1-2-12-11(7-9)13(19)14(20)17(12)8-16-5-3-10(18)4-6-16/h1-2,7,10,18H,3-6,8H2/p+1. The Hall–Kier alpha value is -1.24. The van der Waals surface area contributed by atoms with E-state index >= 15 is 0 Å². The normalized spacial score (nSPS) is 26.0. The Morgan fingerprint density at radius 2 is 2.00 bits per heavy atom. The minimum Gasteiger partial charge on any atom is -0.393 e. The molecule has 1 amide bonds. The molecule has 2 heterocycles. The van der Waals surface area contributed by atoms with Crippen LogP contribution in [0.3, 0.4) is 0 Å². The van der Waals surface area contributed by atoms with Gasteiger partial charge in [0.2, 0.25) is 0 Å². The molecule has 0 radical (unpaired) electrons. The number of hydrogen-bond donors (Lipinski definition) is 2. The quantitative estimate of drug-likeness (QED) is 0.744. The molecule has 106 valence electrons. The van der Waals surface area contributed by atoms with Gasteiger partial charge in [-0.2, -0.15) is 0 Å². The van der Waals surface area contributed by atoms with Gasteiger partial charge in [-0.05, 0) is 18.2 Å². The van der Waals surface area contributed by atoms with Crippen molar-refractivity contribution in [3.8, 4) is 0 Å². The van der Waals surface area contributed by atoms with E-state index in [0.717, 1.165) is 30.4 Å². The van der Waals surface area contributed by atoms with E-state index in [2.05, 4.69) is 15.9 Å². The molecule has 0 saturated carbocycles. The minimum atomic E-state index is -0.447. The SMILES string of the molecule is O=C1C(=O)N(C[NH+]2CCC(O)CC2)c2ccc(Br)cc21. The lowest BCUT2D eigenvalue weighted by Gasteiger charge is -2.29. The molecule has 1 aromatic carbocycles. The van der Waals surface area contributed by atoms with Crippen LogP contribution in [0.15, 0.2) is 22.7 Å². The molecule has 20 heavy (non-hydrogen) atoms. The Morgan fingerprint density at radius 1 is 1.30 bits per heavy atom. The van der Waals surface area contributed by atoms with Crippen LogP contribution in [0.4, 0.5) is 5.69 Å². The zero-order valence-electron chi connectivity index (χ0n) is 10.9. The van der Waals surface area contributed by atoms with Crippen LogP contribution in [0, 0.1) is 0 Å². The van der Waals surface area contributed by atoms with Gasteiger partial charge in [0.1, 0.15) is 0 Å². The molecule has 0 aliphatic carbocycles. The van der Waals surface area contributed by atoms with Crippen LogP contribution in [0.2, 0.25) is 0 Å². The maximum Gasteiger partial charge on any atom is 0.303 e. The molecule has 2 aliphatic rings. The van der Waals surface area contributed by atoms with E-state index < -0.39 is 11.7 Å². The maximum atomic E-state index is 12.1. The third kappa shape index (κ3) is 2.39. The molecule has 1 fully saturated rings. The molecular formula is C14H16BrN2O3+. The molecule has 6 heteroatoms. The fraction of sp³-hybridized carbons (Fsp3) is 0.429. The second-order valence-corrected chi connectivity index (χ2v) is 6.28. The summed E-state index contributed by atoms with van der Waals surface area (Å²) < 4.78 is 0.799. The summed E-state index contributed by atoms with van der Waals surface area (Å²) in [4.78, 5) is 26.9. The molecular weight excluding hydrogens is 324 g/mol. The summed E-state index contributed by atoms with van der Waals surface area (Å²) >= 11 is 3.32.